The van der Waals surface area contributed by atoms with Crippen molar-refractivity contribution in [2.45, 2.75) is 65.3 Å². The summed E-state index contributed by atoms with van der Waals surface area (Å²) in [6, 6.07) is 6.58. The van der Waals surface area contributed by atoms with E-state index in [1.807, 2.05) is 6.07 Å². The summed E-state index contributed by atoms with van der Waals surface area (Å²) in [5.74, 6) is -3.12. The lowest BCUT2D eigenvalue weighted by Gasteiger charge is -2.23. The zero-order valence-electron chi connectivity index (χ0n) is 22.0. The predicted octanol–water partition coefficient (Wildman–Crippen LogP) is 2.00. The fourth-order valence-electron chi connectivity index (χ4n) is 2.91. The average Bonchev–Trinajstić information content (AvgIpc) is 2.81. The SMILES string of the molecule is C=CCOC(=O)[C@@H](NC(=O)CNC(=O)[C@H](CC(=O)OC(C)(C)C)NC(=O)OCc1ccccc1)C(C)C. The van der Waals surface area contributed by atoms with Gasteiger partial charge >= 0.3 is 18.0 Å². The first-order valence-electron chi connectivity index (χ1n) is 11.9. The summed E-state index contributed by atoms with van der Waals surface area (Å²) in [5, 5.41) is 7.20. The molecule has 0 aromatic heterocycles. The Hall–Kier alpha value is -3.89. The molecule has 37 heavy (non-hydrogen) atoms. The Labute approximate surface area is 217 Å². The van der Waals surface area contributed by atoms with Crippen LogP contribution in [-0.2, 0) is 40.0 Å². The lowest BCUT2D eigenvalue weighted by molar-refractivity contribution is -0.156. The third-order valence-corrected chi connectivity index (χ3v) is 4.62. The van der Waals surface area contributed by atoms with Crippen LogP contribution in [0.3, 0.4) is 0 Å². The summed E-state index contributed by atoms with van der Waals surface area (Å²) in [6.07, 6.45) is -0.0185. The maximum atomic E-state index is 12.8. The molecular formula is C26H37N3O8. The summed E-state index contributed by atoms with van der Waals surface area (Å²) in [4.78, 5) is 62.0. The molecular weight excluding hydrogens is 482 g/mol. The van der Waals surface area contributed by atoms with E-state index < -0.39 is 60.5 Å². The summed E-state index contributed by atoms with van der Waals surface area (Å²) in [7, 11) is 0. The Kier molecular flexibility index (Phi) is 12.9. The predicted molar refractivity (Wildman–Crippen MR) is 135 cm³/mol. The lowest BCUT2D eigenvalue weighted by Crippen LogP contribution is -2.52. The topological polar surface area (TPSA) is 149 Å². The van der Waals surface area contributed by atoms with Gasteiger partial charge in [0.15, 0.2) is 0 Å². The van der Waals surface area contributed by atoms with Gasteiger partial charge in [0.05, 0.1) is 13.0 Å². The average molecular weight is 520 g/mol. The van der Waals surface area contributed by atoms with Crippen LogP contribution in [0.25, 0.3) is 0 Å². The van der Waals surface area contributed by atoms with Crippen LogP contribution in [0.1, 0.15) is 46.6 Å². The first-order valence-corrected chi connectivity index (χ1v) is 11.9. The Morgan fingerprint density at radius 1 is 1.00 bits per heavy atom. The highest BCUT2D eigenvalue weighted by Gasteiger charge is 2.29. The van der Waals surface area contributed by atoms with Gasteiger partial charge in [-0.15, -0.1) is 0 Å². The van der Waals surface area contributed by atoms with Gasteiger partial charge in [-0.1, -0.05) is 56.8 Å². The number of esters is 2. The third kappa shape index (κ3) is 13.1. The molecule has 0 saturated carbocycles. The maximum Gasteiger partial charge on any atom is 0.408 e. The summed E-state index contributed by atoms with van der Waals surface area (Å²) < 4.78 is 15.4. The number of hydrogen-bond acceptors (Lipinski definition) is 8. The van der Waals surface area contributed by atoms with E-state index in [1.165, 1.54) is 6.08 Å². The van der Waals surface area contributed by atoms with Crippen LogP contribution in [0, 0.1) is 5.92 Å². The van der Waals surface area contributed by atoms with E-state index in [9.17, 15) is 24.0 Å². The zero-order valence-corrected chi connectivity index (χ0v) is 22.0. The Morgan fingerprint density at radius 3 is 2.22 bits per heavy atom. The first-order chi connectivity index (χ1) is 17.3. The Morgan fingerprint density at radius 2 is 1.65 bits per heavy atom. The number of rotatable bonds is 13. The minimum atomic E-state index is -1.37. The van der Waals surface area contributed by atoms with Gasteiger partial charge in [0, 0.05) is 0 Å². The molecule has 0 fully saturated rings. The van der Waals surface area contributed by atoms with E-state index in [1.54, 1.807) is 58.9 Å². The van der Waals surface area contributed by atoms with Crippen molar-refractivity contribution < 1.29 is 38.2 Å². The van der Waals surface area contributed by atoms with Crippen molar-refractivity contribution in [3.63, 3.8) is 0 Å². The molecule has 11 nitrogen and oxygen atoms in total. The lowest BCUT2D eigenvalue weighted by atomic mass is 10.0. The monoisotopic (exact) mass is 519 g/mol. The largest absolute Gasteiger partial charge is 0.460 e. The van der Waals surface area contributed by atoms with Crippen LogP contribution in [0.5, 0.6) is 0 Å². The number of ether oxygens (including phenoxy) is 3. The van der Waals surface area contributed by atoms with Crippen molar-refractivity contribution in [3.8, 4) is 0 Å². The van der Waals surface area contributed by atoms with E-state index in [4.69, 9.17) is 14.2 Å². The molecule has 2 atom stereocenters. The van der Waals surface area contributed by atoms with Gasteiger partial charge in [0.2, 0.25) is 11.8 Å². The molecule has 0 bridgehead atoms. The second-order valence-electron chi connectivity index (χ2n) is 9.47. The van der Waals surface area contributed by atoms with E-state index in [0.29, 0.717) is 0 Å². The zero-order chi connectivity index (χ0) is 28.0. The number of nitrogens with one attached hydrogen (secondary N) is 3. The van der Waals surface area contributed by atoms with Crippen molar-refractivity contribution in [1.82, 2.24) is 16.0 Å². The van der Waals surface area contributed by atoms with E-state index in [2.05, 4.69) is 22.5 Å². The minimum Gasteiger partial charge on any atom is -0.460 e. The summed E-state index contributed by atoms with van der Waals surface area (Å²) in [6.45, 7) is 11.3. The molecule has 11 heteroatoms. The van der Waals surface area contributed by atoms with Crippen LogP contribution in [0.15, 0.2) is 43.0 Å². The number of amides is 3. The highest BCUT2D eigenvalue weighted by Crippen LogP contribution is 2.10. The third-order valence-electron chi connectivity index (χ3n) is 4.62. The number of benzene rings is 1. The van der Waals surface area contributed by atoms with Crippen LogP contribution >= 0.6 is 0 Å². The molecule has 3 amide bonds. The Bertz CT molecular complexity index is 941. The molecule has 0 radical (unpaired) electrons. The van der Waals surface area contributed by atoms with Crippen LogP contribution in [-0.4, -0.2) is 60.7 Å². The fourth-order valence-corrected chi connectivity index (χ4v) is 2.91. The number of hydrogen-bond donors (Lipinski definition) is 3. The number of alkyl carbamates (subject to hydrolysis) is 1. The van der Waals surface area contributed by atoms with Gasteiger partial charge in [-0.05, 0) is 32.3 Å². The molecule has 0 spiro atoms. The molecule has 0 heterocycles. The van der Waals surface area contributed by atoms with Crippen molar-refractivity contribution in [3.05, 3.63) is 48.6 Å². The van der Waals surface area contributed by atoms with E-state index in [0.717, 1.165) is 5.56 Å². The summed E-state index contributed by atoms with van der Waals surface area (Å²) >= 11 is 0. The van der Waals surface area contributed by atoms with Crippen molar-refractivity contribution in [1.29, 1.82) is 0 Å². The van der Waals surface area contributed by atoms with Gasteiger partial charge in [0.25, 0.3) is 0 Å². The highest BCUT2D eigenvalue weighted by molar-refractivity contribution is 5.93. The molecule has 1 aromatic carbocycles. The molecule has 204 valence electrons. The molecule has 0 saturated heterocycles. The van der Waals surface area contributed by atoms with Gasteiger partial charge < -0.3 is 30.2 Å². The molecule has 0 aliphatic heterocycles. The smallest absolute Gasteiger partial charge is 0.408 e. The normalized spacial score (nSPS) is 12.5. The molecule has 1 rings (SSSR count). The van der Waals surface area contributed by atoms with Gasteiger partial charge in [-0.25, -0.2) is 9.59 Å². The van der Waals surface area contributed by atoms with Crippen molar-refractivity contribution in [2.75, 3.05) is 13.2 Å². The number of carbonyl (C=O) groups is 5. The standard InChI is InChI=1S/C26H37N3O8/c1-7-13-35-24(33)22(17(2)3)29-20(30)15-27-23(32)19(14-21(31)37-26(4,5)6)28-25(34)36-16-18-11-9-8-10-12-18/h7-12,17,19,22H,1,13-16H2,2-6H3,(H,27,32)(H,28,34)(H,29,30)/t19-,22-/m0/s1. The molecule has 0 unspecified atom stereocenters. The highest BCUT2D eigenvalue weighted by atomic mass is 16.6. The first kappa shape index (κ1) is 31.1. The molecule has 3 N–H and O–H groups in total. The second-order valence-corrected chi connectivity index (χ2v) is 9.47. The molecule has 1 aromatic rings. The van der Waals surface area contributed by atoms with Gasteiger partial charge in [0.1, 0.15) is 30.9 Å². The maximum absolute atomic E-state index is 12.8. The van der Waals surface area contributed by atoms with Crippen molar-refractivity contribution in [2.24, 2.45) is 5.92 Å². The second kappa shape index (κ2) is 15.3. The van der Waals surface area contributed by atoms with Crippen LogP contribution in [0.4, 0.5) is 4.79 Å². The van der Waals surface area contributed by atoms with Crippen LogP contribution in [0.2, 0.25) is 0 Å². The van der Waals surface area contributed by atoms with Gasteiger partial charge in [-0.2, -0.15) is 0 Å². The minimum absolute atomic E-state index is 0.00690. The van der Waals surface area contributed by atoms with Gasteiger partial charge in [-0.3, -0.25) is 14.4 Å². The summed E-state index contributed by atoms with van der Waals surface area (Å²) in [5.41, 5.74) is -0.0773. The number of carbonyl (C=O) groups excluding carboxylic acids is 5. The van der Waals surface area contributed by atoms with Crippen molar-refractivity contribution >= 4 is 29.8 Å². The van der Waals surface area contributed by atoms with Crippen LogP contribution < -0.4 is 16.0 Å². The fraction of sp³-hybridized carbons (Fsp3) is 0.500. The quantitative estimate of drug-likeness (QED) is 0.204. The Balaban J connectivity index is 2.78. The van der Waals surface area contributed by atoms with E-state index in [-0.39, 0.29) is 19.1 Å². The van der Waals surface area contributed by atoms with E-state index >= 15 is 0 Å². The molecule has 0 aliphatic carbocycles. The molecule has 0 aliphatic rings.